The molecule has 2 aliphatic rings. The highest BCUT2D eigenvalue weighted by Gasteiger charge is 2.52. The lowest BCUT2D eigenvalue weighted by atomic mass is 9.69. The average molecular weight is 241 g/mol. The van der Waals surface area contributed by atoms with Gasteiger partial charge in [0.1, 0.15) is 0 Å². The summed E-state index contributed by atoms with van der Waals surface area (Å²) in [4.78, 5) is -1.01. The second kappa shape index (κ2) is 3.26. The molecular formula is C13H14Cl2. The van der Waals surface area contributed by atoms with Gasteiger partial charge >= 0.3 is 0 Å². The van der Waals surface area contributed by atoms with Crippen molar-refractivity contribution in [1.82, 2.24) is 0 Å². The molecule has 0 atom stereocenters. The molecule has 0 spiro atoms. The van der Waals surface area contributed by atoms with Crippen LogP contribution in [0.5, 0.6) is 0 Å². The molecule has 0 aliphatic heterocycles. The highest BCUT2D eigenvalue weighted by atomic mass is 35.5. The van der Waals surface area contributed by atoms with Gasteiger partial charge in [0.2, 0.25) is 0 Å². The largest absolute Gasteiger partial charge is 0.109 e. The minimum absolute atomic E-state index is 0.282. The zero-order chi connectivity index (χ0) is 11.2. The van der Waals surface area contributed by atoms with E-state index < -0.39 is 9.75 Å². The zero-order valence-electron chi connectivity index (χ0n) is 8.87. The molecule has 80 valence electrons. The minimum atomic E-state index is -0.506. The van der Waals surface area contributed by atoms with Gasteiger partial charge in [0.05, 0.1) is 9.75 Å². The second-order valence-corrected chi connectivity index (χ2v) is 5.85. The fourth-order valence-corrected chi connectivity index (χ4v) is 2.67. The number of allylic oxidation sites excluding steroid dienone is 8. The van der Waals surface area contributed by atoms with Crippen molar-refractivity contribution in [3.05, 3.63) is 48.6 Å². The Morgan fingerprint density at radius 1 is 0.733 bits per heavy atom. The van der Waals surface area contributed by atoms with Crippen LogP contribution < -0.4 is 0 Å². The predicted octanol–water partition coefficient (Wildman–Crippen LogP) is 4.22. The van der Waals surface area contributed by atoms with Crippen molar-refractivity contribution in [2.45, 2.75) is 23.6 Å². The fourth-order valence-electron chi connectivity index (χ4n) is 2.02. The number of rotatable bonds is 2. The third kappa shape index (κ3) is 1.43. The fraction of sp³-hybridized carbons (Fsp3) is 0.385. The van der Waals surface area contributed by atoms with E-state index in [9.17, 15) is 0 Å². The molecule has 0 amide bonds. The van der Waals surface area contributed by atoms with Gasteiger partial charge in [-0.1, -0.05) is 62.5 Å². The van der Waals surface area contributed by atoms with Crippen LogP contribution in [0.25, 0.3) is 0 Å². The summed E-state index contributed by atoms with van der Waals surface area (Å²) >= 11 is 13.2. The molecule has 2 heteroatoms. The van der Waals surface area contributed by atoms with Gasteiger partial charge in [-0.25, -0.2) is 0 Å². The van der Waals surface area contributed by atoms with Crippen molar-refractivity contribution in [3.8, 4) is 0 Å². The zero-order valence-corrected chi connectivity index (χ0v) is 10.4. The SMILES string of the molecule is CC(C)(C1(Cl)C=CC=C1)C1(Cl)C=CC=C1. The Labute approximate surface area is 101 Å². The molecule has 0 unspecified atom stereocenters. The number of alkyl halides is 2. The quantitative estimate of drug-likeness (QED) is 0.635. The lowest BCUT2D eigenvalue weighted by molar-refractivity contribution is 0.292. The number of hydrogen-bond acceptors (Lipinski definition) is 0. The molecule has 0 aromatic rings. The monoisotopic (exact) mass is 240 g/mol. The van der Waals surface area contributed by atoms with Crippen LogP contribution in [0.1, 0.15) is 13.8 Å². The summed E-state index contributed by atoms with van der Waals surface area (Å²) in [5.41, 5.74) is -0.282. The smallest absolute Gasteiger partial charge is 0.0886 e. The molecule has 0 aromatic carbocycles. The molecule has 2 aliphatic carbocycles. The number of halogens is 2. The molecular weight excluding hydrogens is 227 g/mol. The predicted molar refractivity (Wildman–Crippen MR) is 67.5 cm³/mol. The molecule has 0 fully saturated rings. The summed E-state index contributed by atoms with van der Waals surface area (Å²) < 4.78 is 0. The highest BCUT2D eigenvalue weighted by molar-refractivity contribution is 6.31. The van der Waals surface area contributed by atoms with E-state index in [-0.39, 0.29) is 5.41 Å². The molecule has 0 saturated heterocycles. The summed E-state index contributed by atoms with van der Waals surface area (Å²) in [6.07, 6.45) is 15.9. The van der Waals surface area contributed by atoms with Gasteiger partial charge in [-0.3, -0.25) is 0 Å². The van der Waals surface area contributed by atoms with Crippen LogP contribution in [-0.2, 0) is 0 Å². The highest BCUT2D eigenvalue weighted by Crippen LogP contribution is 2.53. The molecule has 0 aromatic heterocycles. The van der Waals surface area contributed by atoms with E-state index in [1.54, 1.807) is 0 Å². The van der Waals surface area contributed by atoms with E-state index in [1.165, 1.54) is 0 Å². The van der Waals surface area contributed by atoms with Gasteiger partial charge in [0.25, 0.3) is 0 Å². The normalized spacial score (nSPS) is 25.3. The van der Waals surface area contributed by atoms with Crippen LogP contribution in [-0.4, -0.2) is 9.75 Å². The van der Waals surface area contributed by atoms with Crippen molar-refractivity contribution >= 4 is 23.2 Å². The topological polar surface area (TPSA) is 0 Å². The van der Waals surface area contributed by atoms with Gasteiger partial charge < -0.3 is 0 Å². The van der Waals surface area contributed by atoms with Crippen molar-refractivity contribution in [2.75, 3.05) is 0 Å². The lowest BCUT2D eigenvalue weighted by Crippen LogP contribution is -2.48. The molecule has 0 saturated carbocycles. The van der Waals surface area contributed by atoms with Crippen molar-refractivity contribution in [1.29, 1.82) is 0 Å². The molecule has 0 heterocycles. The Bertz CT molecular complexity index is 323. The van der Waals surface area contributed by atoms with Crippen LogP contribution in [0, 0.1) is 5.41 Å². The van der Waals surface area contributed by atoms with Gasteiger partial charge in [-0.2, -0.15) is 0 Å². The van der Waals surface area contributed by atoms with Gasteiger partial charge in [-0.05, 0) is 0 Å². The molecule has 0 nitrogen and oxygen atoms in total. The van der Waals surface area contributed by atoms with Crippen LogP contribution in [0.15, 0.2) is 48.6 Å². The minimum Gasteiger partial charge on any atom is -0.109 e. The molecule has 0 radical (unpaired) electrons. The van der Waals surface area contributed by atoms with E-state index in [1.807, 2.05) is 48.6 Å². The first-order valence-corrected chi connectivity index (χ1v) is 5.79. The second-order valence-electron chi connectivity index (χ2n) is 4.60. The maximum Gasteiger partial charge on any atom is 0.0886 e. The Balaban J connectivity index is 2.43. The first-order chi connectivity index (χ1) is 6.91. The lowest BCUT2D eigenvalue weighted by Gasteiger charge is -2.45. The van der Waals surface area contributed by atoms with E-state index in [0.717, 1.165) is 0 Å². The van der Waals surface area contributed by atoms with Crippen molar-refractivity contribution < 1.29 is 0 Å². The van der Waals surface area contributed by atoms with E-state index in [4.69, 9.17) is 23.2 Å². The first-order valence-electron chi connectivity index (χ1n) is 5.03. The Morgan fingerprint density at radius 2 is 1.00 bits per heavy atom. The molecule has 0 bridgehead atoms. The Morgan fingerprint density at radius 3 is 1.27 bits per heavy atom. The summed E-state index contributed by atoms with van der Waals surface area (Å²) in [5, 5.41) is 0. The van der Waals surface area contributed by atoms with E-state index >= 15 is 0 Å². The van der Waals surface area contributed by atoms with E-state index in [2.05, 4.69) is 13.8 Å². The van der Waals surface area contributed by atoms with Gasteiger partial charge in [0.15, 0.2) is 0 Å². The van der Waals surface area contributed by atoms with Crippen molar-refractivity contribution in [3.63, 3.8) is 0 Å². The van der Waals surface area contributed by atoms with Crippen LogP contribution in [0.3, 0.4) is 0 Å². The van der Waals surface area contributed by atoms with Gasteiger partial charge in [-0.15, -0.1) is 23.2 Å². The standard InChI is InChI=1S/C13H14Cl2/c1-11(2,12(14)7-3-4-8-12)13(15)9-5-6-10-13/h3-10H,1-2H3. The third-order valence-electron chi connectivity index (χ3n) is 3.49. The Hall–Kier alpha value is -0.460. The average Bonchev–Trinajstić information content (AvgIpc) is 2.76. The van der Waals surface area contributed by atoms with Crippen molar-refractivity contribution in [2.24, 2.45) is 5.41 Å². The van der Waals surface area contributed by atoms with Crippen LogP contribution in [0.2, 0.25) is 0 Å². The molecule has 15 heavy (non-hydrogen) atoms. The first kappa shape index (κ1) is 11.0. The molecule has 0 N–H and O–H groups in total. The summed E-state index contributed by atoms with van der Waals surface area (Å²) in [6.45, 7) is 4.18. The maximum atomic E-state index is 6.61. The van der Waals surface area contributed by atoms with E-state index in [0.29, 0.717) is 0 Å². The van der Waals surface area contributed by atoms with Crippen LogP contribution in [0.4, 0.5) is 0 Å². The Kier molecular flexibility index (Phi) is 2.40. The van der Waals surface area contributed by atoms with Crippen LogP contribution >= 0.6 is 23.2 Å². The molecule has 2 rings (SSSR count). The van der Waals surface area contributed by atoms with Gasteiger partial charge in [0, 0.05) is 5.41 Å². The number of hydrogen-bond donors (Lipinski definition) is 0. The third-order valence-corrected chi connectivity index (χ3v) is 4.94. The summed E-state index contributed by atoms with van der Waals surface area (Å²) in [7, 11) is 0. The summed E-state index contributed by atoms with van der Waals surface area (Å²) in [5.74, 6) is 0. The maximum absolute atomic E-state index is 6.61. The summed E-state index contributed by atoms with van der Waals surface area (Å²) in [6, 6.07) is 0.